The largest absolute Gasteiger partial charge is 0.397 e. The monoisotopic (exact) mass is 260 g/mol. The maximum Gasteiger partial charge on any atom is 0.276 e. The fourth-order valence-electron chi connectivity index (χ4n) is 1.99. The van der Waals surface area contributed by atoms with Crippen LogP contribution in [0.1, 0.15) is 31.7 Å². The van der Waals surface area contributed by atoms with E-state index in [9.17, 15) is 0 Å². The van der Waals surface area contributed by atoms with Gasteiger partial charge in [0, 0.05) is 6.61 Å². The molecule has 1 unspecified atom stereocenters. The topological polar surface area (TPSA) is 87.1 Å². The van der Waals surface area contributed by atoms with Crippen LogP contribution in [0.2, 0.25) is 0 Å². The molecule has 1 atom stereocenters. The van der Waals surface area contributed by atoms with Crippen LogP contribution in [0, 0.1) is 5.92 Å². The Morgan fingerprint density at radius 3 is 2.95 bits per heavy atom. The first-order chi connectivity index (χ1) is 9.28. The standard InChI is InChI=1S/C13H16N4O2/c1-2-18-11(8-3-4-8)12-16-13(19-17-12)10-6-5-9(14)7-15-10/h5-8,11H,2-4,14H2,1H3. The zero-order chi connectivity index (χ0) is 13.2. The summed E-state index contributed by atoms with van der Waals surface area (Å²) < 4.78 is 10.9. The summed E-state index contributed by atoms with van der Waals surface area (Å²) in [5.74, 6) is 1.53. The SMILES string of the molecule is CCOC(c1noc(-c2ccc(N)cn2)n1)C1CC1. The fraction of sp³-hybridized carbons (Fsp3) is 0.462. The van der Waals surface area contributed by atoms with Gasteiger partial charge in [0.2, 0.25) is 5.82 Å². The maximum absolute atomic E-state index is 5.69. The third-order valence-corrected chi connectivity index (χ3v) is 3.10. The molecule has 1 aliphatic rings. The maximum atomic E-state index is 5.69. The van der Waals surface area contributed by atoms with Crippen LogP contribution >= 0.6 is 0 Å². The van der Waals surface area contributed by atoms with Crippen molar-refractivity contribution in [3.8, 4) is 11.6 Å². The van der Waals surface area contributed by atoms with E-state index >= 15 is 0 Å². The summed E-state index contributed by atoms with van der Waals surface area (Å²) in [5.41, 5.74) is 6.83. The minimum Gasteiger partial charge on any atom is -0.397 e. The average molecular weight is 260 g/mol. The zero-order valence-corrected chi connectivity index (χ0v) is 10.7. The van der Waals surface area contributed by atoms with Gasteiger partial charge in [0.15, 0.2) is 0 Å². The van der Waals surface area contributed by atoms with Crippen LogP contribution in [-0.2, 0) is 4.74 Å². The molecule has 1 saturated carbocycles. The first-order valence-corrected chi connectivity index (χ1v) is 6.45. The fourth-order valence-corrected chi connectivity index (χ4v) is 1.99. The molecule has 0 aliphatic heterocycles. The van der Waals surface area contributed by atoms with Crippen molar-refractivity contribution < 1.29 is 9.26 Å². The molecule has 2 aromatic heterocycles. The molecule has 0 saturated heterocycles. The molecule has 2 heterocycles. The van der Waals surface area contributed by atoms with Crippen LogP contribution in [0.25, 0.3) is 11.6 Å². The summed E-state index contributed by atoms with van der Waals surface area (Å²) in [6.07, 6.45) is 3.83. The number of anilines is 1. The van der Waals surface area contributed by atoms with Crippen LogP contribution in [0.15, 0.2) is 22.9 Å². The Hall–Kier alpha value is -1.95. The van der Waals surface area contributed by atoms with Crippen molar-refractivity contribution in [2.75, 3.05) is 12.3 Å². The van der Waals surface area contributed by atoms with Gasteiger partial charge in [-0.3, -0.25) is 0 Å². The van der Waals surface area contributed by atoms with Crippen LogP contribution in [0.4, 0.5) is 5.69 Å². The number of ether oxygens (including phenoxy) is 1. The molecule has 0 bridgehead atoms. The third-order valence-electron chi connectivity index (χ3n) is 3.10. The van der Waals surface area contributed by atoms with E-state index in [1.165, 1.54) is 0 Å². The number of hydrogen-bond acceptors (Lipinski definition) is 6. The van der Waals surface area contributed by atoms with E-state index in [4.69, 9.17) is 15.0 Å². The normalized spacial score (nSPS) is 16.5. The minimum atomic E-state index is -0.0590. The molecular formula is C13H16N4O2. The molecule has 0 amide bonds. The lowest BCUT2D eigenvalue weighted by Crippen LogP contribution is -2.08. The van der Waals surface area contributed by atoms with Gasteiger partial charge in [-0.1, -0.05) is 5.16 Å². The molecule has 6 nitrogen and oxygen atoms in total. The number of nitrogen functional groups attached to an aromatic ring is 1. The quantitative estimate of drug-likeness (QED) is 0.886. The van der Waals surface area contributed by atoms with E-state index in [0.29, 0.717) is 35.6 Å². The third kappa shape index (κ3) is 2.58. The second-order valence-electron chi connectivity index (χ2n) is 4.65. The molecule has 19 heavy (non-hydrogen) atoms. The van der Waals surface area contributed by atoms with Crippen LogP contribution in [0.3, 0.4) is 0 Å². The van der Waals surface area contributed by atoms with E-state index in [2.05, 4.69) is 15.1 Å². The Bertz CT molecular complexity index is 548. The van der Waals surface area contributed by atoms with Crippen LogP contribution in [0.5, 0.6) is 0 Å². The molecule has 6 heteroatoms. The number of nitrogens with zero attached hydrogens (tertiary/aromatic N) is 3. The first-order valence-electron chi connectivity index (χ1n) is 6.45. The second-order valence-corrected chi connectivity index (χ2v) is 4.65. The Kier molecular flexibility index (Phi) is 3.16. The molecule has 1 aliphatic carbocycles. The van der Waals surface area contributed by atoms with Gasteiger partial charge in [-0.25, -0.2) is 4.98 Å². The molecule has 100 valence electrons. The minimum absolute atomic E-state index is 0.0590. The second kappa shape index (κ2) is 4.97. The van der Waals surface area contributed by atoms with Gasteiger partial charge in [-0.15, -0.1) is 0 Å². The van der Waals surface area contributed by atoms with E-state index in [0.717, 1.165) is 12.8 Å². The Morgan fingerprint density at radius 1 is 1.47 bits per heavy atom. The van der Waals surface area contributed by atoms with Crippen LogP contribution in [-0.4, -0.2) is 21.7 Å². The molecule has 0 radical (unpaired) electrons. The Labute approximate surface area is 111 Å². The highest BCUT2D eigenvalue weighted by Gasteiger charge is 2.36. The van der Waals surface area contributed by atoms with Gasteiger partial charge in [0.1, 0.15) is 11.8 Å². The number of pyridine rings is 1. The predicted molar refractivity (Wildman–Crippen MR) is 69.0 cm³/mol. The van der Waals surface area contributed by atoms with Crippen LogP contribution < -0.4 is 5.73 Å². The van der Waals surface area contributed by atoms with Crippen molar-refractivity contribution in [3.05, 3.63) is 24.2 Å². The van der Waals surface area contributed by atoms with Crippen molar-refractivity contribution in [3.63, 3.8) is 0 Å². The highest BCUT2D eigenvalue weighted by Crippen LogP contribution is 2.42. The summed E-state index contributed by atoms with van der Waals surface area (Å²) in [6.45, 7) is 2.61. The van der Waals surface area contributed by atoms with Gasteiger partial charge in [0.25, 0.3) is 5.89 Å². The van der Waals surface area contributed by atoms with Gasteiger partial charge in [-0.2, -0.15) is 4.98 Å². The van der Waals surface area contributed by atoms with E-state index in [1.807, 2.05) is 6.92 Å². The van der Waals surface area contributed by atoms with Gasteiger partial charge in [-0.05, 0) is 37.8 Å². The van der Waals surface area contributed by atoms with Gasteiger partial charge in [0.05, 0.1) is 11.9 Å². The number of hydrogen-bond donors (Lipinski definition) is 1. The molecule has 3 rings (SSSR count). The van der Waals surface area contributed by atoms with Crippen molar-refractivity contribution in [1.82, 2.24) is 15.1 Å². The molecule has 0 aromatic carbocycles. The zero-order valence-electron chi connectivity index (χ0n) is 10.7. The van der Waals surface area contributed by atoms with Crippen molar-refractivity contribution in [1.29, 1.82) is 0 Å². The average Bonchev–Trinajstić information content (AvgIpc) is 3.14. The summed E-state index contributed by atoms with van der Waals surface area (Å²) in [5, 5.41) is 4.01. The van der Waals surface area contributed by atoms with Gasteiger partial charge >= 0.3 is 0 Å². The van der Waals surface area contributed by atoms with Crippen molar-refractivity contribution in [2.45, 2.75) is 25.9 Å². The lowest BCUT2D eigenvalue weighted by Gasteiger charge is -2.10. The van der Waals surface area contributed by atoms with Crippen molar-refractivity contribution in [2.24, 2.45) is 5.92 Å². The van der Waals surface area contributed by atoms with Crippen molar-refractivity contribution >= 4 is 5.69 Å². The van der Waals surface area contributed by atoms with E-state index < -0.39 is 0 Å². The van der Waals surface area contributed by atoms with Gasteiger partial charge < -0.3 is 15.0 Å². The number of aromatic nitrogens is 3. The highest BCUT2D eigenvalue weighted by atomic mass is 16.5. The first kappa shape index (κ1) is 12.1. The molecule has 1 fully saturated rings. The van der Waals surface area contributed by atoms with E-state index in [-0.39, 0.29) is 6.10 Å². The Morgan fingerprint density at radius 2 is 2.32 bits per heavy atom. The molecule has 0 spiro atoms. The van der Waals surface area contributed by atoms with E-state index in [1.54, 1.807) is 18.3 Å². The Balaban J connectivity index is 1.83. The lowest BCUT2D eigenvalue weighted by atomic mass is 10.2. The number of nitrogens with two attached hydrogens (primary N) is 1. The summed E-state index contributed by atoms with van der Waals surface area (Å²) in [6, 6.07) is 3.52. The molecule has 2 aromatic rings. The molecule has 2 N–H and O–H groups in total. The summed E-state index contributed by atoms with van der Waals surface area (Å²) in [7, 11) is 0. The summed E-state index contributed by atoms with van der Waals surface area (Å²) >= 11 is 0. The number of rotatable bonds is 5. The summed E-state index contributed by atoms with van der Waals surface area (Å²) in [4.78, 5) is 8.55. The molecular weight excluding hydrogens is 244 g/mol. The highest BCUT2D eigenvalue weighted by molar-refractivity contribution is 5.50. The lowest BCUT2D eigenvalue weighted by molar-refractivity contribution is 0.0385. The smallest absolute Gasteiger partial charge is 0.276 e. The predicted octanol–water partition coefficient (Wildman–Crippen LogP) is 2.20.